The van der Waals surface area contributed by atoms with Crippen molar-refractivity contribution in [3.8, 4) is 11.5 Å². The van der Waals surface area contributed by atoms with E-state index in [1.807, 2.05) is 6.92 Å². The van der Waals surface area contributed by atoms with Crippen LogP contribution in [0.2, 0.25) is 10.0 Å². The third-order valence-corrected chi connectivity index (χ3v) is 5.67. The van der Waals surface area contributed by atoms with Crippen molar-refractivity contribution in [3.05, 3.63) is 56.9 Å². The van der Waals surface area contributed by atoms with Gasteiger partial charge in [-0.15, -0.1) is 0 Å². The first-order chi connectivity index (χ1) is 15.7. The van der Waals surface area contributed by atoms with Crippen LogP contribution in [0.3, 0.4) is 0 Å². The number of benzene rings is 2. The Balaban J connectivity index is 1.67. The van der Waals surface area contributed by atoms with Crippen LogP contribution in [-0.4, -0.2) is 36.1 Å². The number of hydrogen-bond donors (Lipinski definition) is 2. The number of halogens is 2. The zero-order chi connectivity index (χ0) is 24.0. The van der Waals surface area contributed by atoms with Crippen LogP contribution in [-0.2, 0) is 14.4 Å². The Hall–Kier alpha value is -3.01. The molecule has 0 aliphatic carbocycles. The molecule has 8 nitrogen and oxygen atoms in total. The molecule has 0 radical (unpaired) electrons. The Morgan fingerprint density at radius 1 is 1.06 bits per heavy atom. The number of ether oxygens (including phenoxy) is 2. The normalized spacial score (nSPS) is 14.1. The van der Waals surface area contributed by atoms with Gasteiger partial charge in [0.15, 0.2) is 23.3 Å². The molecule has 172 valence electrons. The molecule has 0 spiro atoms. The van der Waals surface area contributed by atoms with Gasteiger partial charge < -0.3 is 20.1 Å². The van der Waals surface area contributed by atoms with Crippen LogP contribution in [0.5, 0.6) is 11.5 Å². The standard InChI is InChI=1S/C22H19Cl2N3O5S/c1-3-31-18-8-13(9-19-21(30)27-22(33-19)25-12(2)28)4-7-17(18)32-11-20(29)26-14-5-6-15(23)16(24)10-14/h4-10H,3,11H2,1-2H3,(H,26,29)(H,25,27,28,30)/b19-9+. The number of rotatable bonds is 7. The van der Waals surface area contributed by atoms with Gasteiger partial charge >= 0.3 is 0 Å². The monoisotopic (exact) mass is 507 g/mol. The number of anilines is 1. The highest BCUT2D eigenvalue weighted by atomic mass is 35.5. The summed E-state index contributed by atoms with van der Waals surface area (Å²) in [5.41, 5.74) is 1.16. The highest BCUT2D eigenvalue weighted by molar-refractivity contribution is 8.18. The maximum Gasteiger partial charge on any atom is 0.286 e. The minimum absolute atomic E-state index is 0.233. The molecule has 1 heterocycles. The summed E-state index contributed by atoms with van der Waals surface area (Å²) in [7, 11) is 0. The molecule has 3 amide bonds. The van der Waals surface area contributed by atoms with Gasteiger partial charge in [-0.1, -0.05) is 29.3 Å². The number of carbonyl (C=O) groups excluding carboxylic acids is 3. The molecule has 1 aliphatic rings. The van der Waals surface area contributed by atoms with Crippen molar-refractivity contribution < 1.29 is 23.9 Å². The van der Waals surface area contributed by atoms with Crippen molar-refractivity contribution in [2.45, 2.75) is 13.8 Å². The summed E-state index contributed by atoms with van der Waals surface area (Å²) >= 11 is 12.9. The highest BCUT2D eigenvalue weighted by Crippen LogP contribution is 2.32. The maximum absolute atomic E-state index is 12.2. The van der Waals surface area contributed by atoms with Gasteiger partial charge in [0, 0.05) is 12.6 Å². The molecule has 0 saturated heterocycles. The van der Waals surface area contributed by atoms with E-state index in [1.54, 1.807) is 42.5 Å². The van der Waals surface area contributed by atoms with Crippen molar-refractivity contribution in [1.29, 1.82) is 0 Å². The summed E-state index contributed by atoms with van der Waals surface area (Å²) in [6.07, 6.45) is 1.63. The molecule has 0 bridgehead atoms. The first-order valence-corrected chi connectivity index (χ1v) is 11.3. The molecule has 0 unspecified atom stereocenters. The van der Waals surface area contributed by atoms with E-state index in [1.165, 1.54) is 6.92 Å². The molecular formula is C22H19Cl2N3O5S. The number of aliphatic imine (C=N–C) groups is 1. The zero-order valence-electron chi connectivity index (χ0n) is 17.6. The molecule has 0 fully saturated rings. The van der Waals surface area contributed by atoms with E-state index in [9.17, 15) is 14.4 Å². The van der Waals surface area contributed by atoms with Gasteiger partial charge in [-0.3, -0.25) is 14.4 Å². The molecule has 2 aromatic carbocycles. The van der Waals surface area contributed by atoms with Crippen LogP contribution in [0.15, 0.2) is 46.3 Å². The summed E-state index contributed by atoms with van der Waals surface area (Å²) in [4.78, 5) is 39.6. The fraction of sp³-hybridized carbons (Fsp3) is 0.182. The maximum atomic E-state index is 12.2. The number of amidine groups is 1. The second-order valence-corrected chi connectivity index (χ2v) is 8.46. The lowest BCUT2D eigenvalue weighted by Gasteiger charge is -2.13. The second-order valence-electron chi connectivity index (χ2n) is 6.62. The number of carbonyl (C=O) groups is 3. The summed E-state index contributed by atoms with van der Waals surface area (Å²) in [5.74, 6) is -0.367. The summed E-state index contributed by atoms with van der Waals surface area (Å²) in [6.45, 7) is 3.27. The largest absolute Gasteiger partial charge is 0.490 e. The predicted molar refractivity (Wildman–Crippen MR) is 130 cm³/mol. The number of thioether (sulfide) groups is 1. The van der Waals surface area contributed by atoms with E-state index in [2.05, 4.69) is 15.6 Å². The van der Waals surface area contributed by atoms with E-state index in [-0.39, 0.29) is 17.7 Å². The smallest absolute Gasteiger partial charge is 0.286 e. The Labute approximate surface area is 204 Å². The summed E-state index contributed by atoms with van der Waals surface area (Å²) < 4.78 is 11.3. The second kappa shape index (κ2) is 11.2. The number of amides is 3. The summed E-state index contributed by atoms with van der Waals surface area (Å²) in [5, 5.41) is 6.11. The van der Waals surface area contributed by atoms with Gasteiger partial charge in [0.25, 0.3) is 11.8 Å². The third kappa shape index (κ3) is 6.98. The molecule has 0 aromatic heterocycles. The van der Waals surface area contributed by atoms with E-state index in [0.29, 0.717) is 44.3 Å². The first kappa shape index (κ1) is 24.6. The molecule has 1 aliphatic heterocycles. The average Bonchev–Trinajstić information content (AvgIpc) is 3.08. The van der Waals surface area contributed by atoms with Gasteiger partial charge in [0.1, 0.15) is 0 Å². The molecule has 33 heavy (non-hydrogen) atoms. The average molecular weight is 508 g/mol. The topological polar surface area (TPSA) is 106 Å². The lowest BCUT2D eigenvalue weighted by molar-refractivity contribution is -0.118. The first-order valence-electron chi connectivity index (χ1n) is 9.70. The van der Waals surface area contributed by atoms with Crippen molar-refractivity contribution in [3.63, 3.8) is 0 Å². The minimum Gasteiger partial charge on any atom is -0.490 e. The molecule has 0 saturated carbocycles. The van der Waals surface area contributed by atoms with Crippen LogP contribution in [0, 0.1) is 0 Å². The van der Waals surface area contributed by atoms with Crippen molar-refractivity contribution >= 4 is 69.6 Å². The molecule has 0 atom stereocenters. The molecule has 11 heteroatoms. The fourth-order valence-corrected chi connectivity index (χ4v) is 3.84. The Kier molecular flexibility index (Phi) is 8.37. The Bertz CT molecular complexity index is 1170. The SMILES string of the molecule is CCOc1cc(/C=C2/SC(NC(C)=O)=NC2=O)ccc1OCC(=O)Nc1ccc(Cl)c(Cl)c1. The van der Waals surface area contributed by atoms with E-state index in [4.69, 9.17) is 32.7 Å². The van der Waals surface area contributed by atoms with Gasteiger partial charge in [-0.25, -0.2) is 0 Å². The van der Waals surface area contributed by atoms with Crippen LogP contribution >= 0.6 is 35.0 Å². The van der Waals surface area contributed by atoms with Gasteiger partial charge in [0.05, 0.1) is 21.6 Å². The lowest BCUT2D eigenvalue weighted by atomic mass is 10.2. The minimum atomic E-state index is -0.444. The van der Waals surface area contributed by atoms with Crippen molar-refractivity contribution in [2.75, 3.05) is 18.5 Å². The molecular weight excluding hydrogens is 489 g/mol. The van der Waals surface area contributed by atoms with Crippen LogP contribution in [0.25, 0.3) is 6.08 Å². The predicted octanol–water partition coefficient (Wildman–Crippen LogP) is 4.52. The van der Waals surface area contributed by atoms with Gasteiger partial charge in [0.2, 0.25) is 5.91 Å². The number of hydrogen-bond acceptors (Lipinski definition) is 6. The zero-order valence-corrected chi connectivity index (χ0v) is 19.9. The van der Waals surface area contributed by atoms with E-state index in [0.717, 1.165) is 11.8 Å². The third-order valence-electron chi connectivity index (χ3n) is 4.03. The van der Waals surface area contributed by atoms with Gasteiger partial charge in [-0.05, 0) is 60.7 Å². The van der Waals surface area contributed by atoms with Gasteiger partial charge in [-0.2, -0.15) is 4.99 Å². The number of nitrogens with one attached hydrogen (secondary N) is 2. The molecule has 3 rings (SSSR count). The van der Waals surface area contributed by atoms with Crippen LogP contribution < -0.4 is 20.1 Å². The highest BCUT2D eigenvalue weighted by Gasteiger charge is 2.22. The van der Waals surface area contributed by atoms with E-state index < -0.39 is 11.8 Å². The quantitative estimate of drug-likeness (QED) is 0.533. The fourth-order valence-electron chi connectivity index (χ4n) is 2.68. The van der Waals surface area contributed by atoms with Crippen LogP contribution in [0.4, 0.5) is 5.69 Å². The molecule has 2 N–H and O–H groups in total. The molecule has 2 aromatic rings. The van der Waals surface area contributed by atoms with Crippen molar-refractivity contribution in [2.24, 2.45) is 4.99 Å². The number of nitrogens with zero attached hydrogens (tertiary/aromatic N) is 1. The summed E-state index contributed by atoms with van der Waals surface area (Å²) in [6, 6.07) is 9.79. The Morgan fingerprint density at radius 3 is 2.55 bits per heavy atom. The van der Waals surface area contributed by atoms with Crippen LogP contribution in [0.1, 0.15) is 19.4 Å². The Morgan fingerprint density at radius 2 is 1.85 bits per heavy atom. The van der Waals surface area contributed by atoms with E-state index >= 15 is 0 Å². The lowest BCUT2D eigenvalue weighted by Crippen LogP contribution is -2.23. The van der Waals surface area contributed by atoms with Crippen molar-refractivity contribution in [1.82, 2.24) is 5.32 Å².